The number of aliphatic hydroxyl groups excluding tert-OH is 1. The molecule has 1 aromatic carbocycles. The van der Waals surface area contributed by atoms with E-state index in [-0.39, 0.29) is 37.6 Å². The first-order chi connectivity index (χ1) is 15.9. The summed E-state index contributed by atoms with van der Waals surface area (Å²) in [6, 6.07) is 10.1. The van der Waals surface area contributed by atoms with Crippen molar-refractivity contribution >= 4 is 42.0 Å². The van der Waals surface area contributed by atoms with Crippen LogP contribution in [-0.4, -0.2) is 78.7 Å². The van der Waals surface area contributed by atoms with Crippen LogP contribution in [0, 0.1) is 0 Å². The van der Waals surface area contributed by atoms with Crippen LogP contribution in [0.15, 0.2) is 30.3 Å². The Labute approximate surface area is 220 Å². The summed E-state index contributed by atoms with van der Waals surface area (Å²) >= 11 is -0.161. The Morgan fingerprint density at radius 1 is 0.914 bits per heavy atom. The van der Waals surface area contributed by atoms with Crippen LogP contribution in [-0.2, 0) is 23.1 Å². The fourth-order valence-corrected chi connectivity index (χ4v) is 8.36. The standard InChI is InChI=1S/C26H46O6SeSi2/c1-18(28)29-23-22(32-35(10,11)26(5,6)7)21(31-34(8,9)25(2,3)4)20(17-27)30-24(23)33-19-15-13-12-14-16-19/h12-16,20-24,27H,17H2,1-11H3/t20-,21-,22+,23-,24+/m1/s1. The van der Waals surface area contributed by atoms with Crippen molar-refractivity contribution in [2.75, 3.05) is 6.61 Å². The number of hydrogen-bond donors (Lipinski definition) is 1. The van der Waals surface area contributed by atoms with Crippen LogP contribution in [0.1, 0.15) is 48.5 Å². The van der Waals surface area contributed by atoms with Gasteiger partial charge in [0.1, 0.15) is 0 Å². The van der Waals surface area contributed by atoms with E-state index in [0.717, 1.165) is 4.46 Å². The molecule has 0 amide bonds. The summed E-state index contributed by atoms with van der Waals surface area (Å²) in [5.74, 6) is -0.371. The Morgan fingerprint density at radius 3 is 1.83 bits per heavy atom. The second-order valence-corrected chi connectivity index (χ2v) is 24.4. The molecule has 35 heavy (non-hydrogen) atoms. The molecule has 0 spiro atoms. The second-order valence-electron chi connectivity index (χ2n) is 12.4. The van der Waals surface area contributed by atoms with E-state index in [0.29, 0.717) is 0 Å². The number of carbonyl (C=O) groups excluding carboxylic acids is 1. The van der Waals surface area contributed by atoms with Gasteiger partial charge in [0, 0.05) is 0 Å². The molecule has 0 unspecified atom stereocenters. The first-order valence-electron chi connectivity index (χ1n) is 12.4. The van der Waals surface area contributed by atoms with Gasteiger partial charge in [0.25, 0.3) is 0 Å². The minimum absolute atomic E-state index is 0.0454. The van der Waals surface area contributed by atoms with Crippen LogP contribution in [0.2, 0.25) is 36.3 Å². The van der Waals surface area contributed by atoms with Crippen LogP contribution in [0.4, 0.5) is 0 Å². The Bertz CT molecular complexity index is 834. The molecule has 1 saturated heterocycles. The van der Waals surface area contributed by atoms with E-state index in [9.17, 15) is 9.90 Å². The number of ether oxygens (including phenoxy) is 2. The molecule has 1 aliphatic rings. The van der Waals surface area contributed by atoms with E-state index in [1.165, 1.54) is 6.92 Å². The van der Waals surface area contributed by atoms with Crippen molar-refractivity contribution < 1.29 is 28.2 Å². The van der Waals surface area contributed by atoms with Gasteiger partial charge in [-0.3, -0.25) is 0 Å². The predicted molar refractivity (Wildman–Crippen MR) is 147 cm³/mol. The normalized spacial score (nSPS) is 26.5. The fraction of sp³-hybridized carbons (Fsp3) is 0.731. The molecule has 0 bridgehead atoms. The molecule has 2 rings (SSSR count). The van der Waals surface area contributed by atoms with Crippen molar-refractivity contribution in [3.8, 4) is 0 Å². The summed E-state index contributed by atoms with van der Waals surface area (Å²) in [7, 11) is -4.57. The van der Waals surface area contributed by atoms with Gasteiger partial charge in [-0.2, -0.15) is 0 Å². The van der Waals surface area contributed by atoms with Crippen LogP contribution in [0.3, 0.4) is 0 Å². The van der Waals surface area contributed by atoms with Crippen LogP contribution < -0.4 is 4.46 Å². The minimum atomic E-state index is -2.30. The molecule has 9 heteroatoms. The molecule has 1 aromatic rings. The first-order valence-corrected chi connectivity index (χ1v) is 20.1. The number of carbonyl (C=O) groups is 1. The topological polar surface area (TPSA) is 74.2 Å². The van der Waals surface area contributed by atoms with Crippen molar-refractivity contribution in [1.82, 2.24) is 0 Å². The van der Waals surface area contributed by atoms with Crippen molar-refractivity contribution in [2.24, 2.45) is 0 Å². The van der Waals surface area contributed by atoms with Crippen LogP contribution in [0.5, 0.6) is 0 Å². The molecule has 1 aliphatic heterocycles. The average Bonchev–Trinajstić information content (AvgIpc) is 2.70. The molecule has 0 aromatic heterocycles. The molecule has 0 radical (unpaired) electrons. The van der Waals surface area contributed by atoms with Gasteiger partial charge >= 0.3 is 221 Å². The van der Waals surface area contributed by atoms with Crippen molar-refractivity contribution in [1.29, 1.82) is 0 Å². The summed E-state index contributed by atoms with van der Waals surface area (Å²) < 4.78 is 27.5. The molecule has 0 saturated carbocycles. The molecular weight excluding hydrogens is 543 g/mol. The van der Waals surface area contributed by atoms with Gasteiger partial charge in [-0.25, -0.2) is 0 Å². The van der Waals surface area contributed by atoms with Gasteiger partial charge in [-0.05, 0) is 0 Å². The van der Waals surface area contributed by atoms with Crippen LogP contribution in [0.25, 0.3) is 0 Å². The Balaban J connectivity index is 2.58. The van der Waals surface area contributed by atoms with E-state index in [1.807, 2.05) is 18.2 Å². The zero-order valence-corrected chi connectivity index (χ0v) is 27.1. The average molecular weight is 590 g/mol. The van der Waals surface area contributed by atoms with Gasteiger partial charge in [0.15, 0.2) is 0 Å². The molecule has 1 fully saturated rings. The summed E-state index contributed by atoms with van der Waals surface area (Å²) in [6.07, 6.45) is -2.27. The molecule has 1 N–H and O–H groups in total. The Morgan fingerprint density at radius 2 is 1.40 bits per heavy atom. The molecule has 5 atom stereocenters. The number of benzene rings is 1. The van der Waals surface area contributed by atoms with E-state index in [4.69, 9.17) is 18.3 Å². The van der Waals surface area contributed by atoms with Crippen LogP contribution >= 0.6 is 0 Å². The van der Waals surface area contributed by atoms with Crippen molar-refractivity contribution in [3.05, 3.63) is 30.3 Å². The van der Waals surface area contributed by atoms with Gasteiger partial charge in [0.2, 0.25) is 0 Å². The van der Waals surface area contributed by atoms with Gasteiger partial charge in [-0.1, -0.05) is 0 Å². The quantitative estimate of drug-likeness (QED) is 0.357. The van der Waals surface area contributed by atoms with E-state index >= 15 is 0 Å². The van der Waals surface area contributed by atoms with Gasteiger partial charge in [-0.15, -0.1) is 0 Å². The zero-order valence-electron chi connectivity index (χ0n) is 23.4. The number of aliphatic hydroxyl groups is 1. The van der Waals surface area contributed by atoms with E-state index in [1.54, 1.807) is 0 Å². The number of rotatable bonds is 8. The summed E-state index contributed by atoms with van der Waals surface area (Å²) in [5.41, 5.74) is 0. The summed E-state index contributed by atoms with van der Waals surface area (Å²) in [4.78, 5) is 12.3. The van der Waals surface area contributed by atoms with Gasteiger partial charge < -0.3 is 0 Å². The SMILES string of the molecule is CC(=O)O[C@@H]1[C@@H](O[Si](C)(C)C(C)(C)C)[C@H](O[Si](C)(C)C(C)(C)C)[C@@H](CO)O[C@H]1[Se]c1ccccc1. The molecule has 1 heterocycles. The van der Waals surface area contributed by atoms with E-state index in [2.05, 4.69) is 79.9 Å². The maximum atomic E-state index is 12.3. The molecular formula is C26H46O6SeSi2. The number of hydrogen-bond acceptors (Lipinski definition) is 6. The van der Waals surface area contributed by atoms with Crippen molar-refractivity contribution in [3.63, 3.8) is 0 Å². The second kappa shape index (κ2) is 11.5. The third-order valence-corrected chi connectivity index (χ3v) is 18.9. The Kier molecular flexibility index (Phi) is 10.1. The fourth-order valence-electron chi connectivity index (χ4n) is 3.38. The summed E-state index contributed by atoms with van der Waals surface area (Å²) in [6.45, 7) is 23.1. The monoisotopic (exact) mass is 590 g/mol. The molecule has 0 aliphatic carbocycles. The third-order valence-electron chi connectivity index (χ3n) is 7.54. The summed E-state index contributed by atoms with van der Waals surface area (Å²) in [5, 5.41) is 9.95. The van der Waals surface area contributed by atoms with E-state index < -0.39 is 46.1 Å². The molecule has 6 nitrogen and oxygen atoms in total. The van der Waals surface area contributed by atoms with Gasteiger partial charge in [0.05, 0.1) is 0 Å². The number of esters is 1. The third kappa shape index (κ3) is 7.74. The first kappa shape index (κ1) is 30.7. The van der Waals surface area contributed by atoms with Crippen molar-refractivity contribution in [2.45, 2.75) is 114 Å². The predicted octanol–water partition coefficient (Wildman–Crippen LogP) is 4.45. The zero-order chi connectivity index (χ0) is 26.8. The Hall–Kier alpha value is -0.517. The molecule has 200 valence electrons. The maximum absolute atomic E-state index is 12.3.